The van der Waals surface area contributed by atoms with Crippen molar-refractivity contribution in [2.24, 2.45) is 0 Å². The fourth-order valence-electron chi connectivity index (χ4n) is 1.86. The molecule has 0 aliphatic heterocycles. The molecule has 1 aromatic carbocycles. The normalized spacial score (nSPS) is 18.3. The van der Waals surface area contributed by atoms with Gasteiger partial charge in [0.15, 0.2) is 0 Å². The summed E-state index contributed by atoms with van der Waals surface area (Å²) < 4.78 is 37.7. The maximum absolute atomic E-state index is 12.5. The average molecular weight is 324 g/mol. The maximum Gasteiger partial charge on any atom is 0.416 e. The number of hydrogen-bond acceptors (Lipinski definition) is 2. The smallest absolute Gasteiger partial charge is 0.388 e. The van der Waals surface area contributed by atoms with E-state index in [1.165, 1.54) is 6.07 Å². The Labute approximate surface area is 111 Å². The summed E-state index contributed by atoms with van der Waals surface area (Å²) >= 11 is 3.10. The third-order valence-corrected chi connectivity index (χ3v) is 3.84. The van der Waals surface area contributed by atoms with E-state index in [1.54, 1.807) is 0 Å². The second-order valence-corrected chi connectivity index (χ2v) is 5.48. The lowest BCUT2D eigenvalue weighted by atomic mass is 9.80. The first-order valence-electron chi connectivity index (χ1n) is 5.63. The van der Waals surface area contributed by atoms with Crippen molar-refractivity contribution in [3.8, 4) is 0 Å². The Bertz CT molecular complexity index is 443. The van der Waals surface area contributed by atoms with Crippen LogP contribution < -0.4 is 5.32 Å². The predicted molar refractivity (Wildman–Crippen MR) is 66.4 cm³/mol. The van der Waals surface area contributed by atoms with Gasteiger partial charge in [-0.15, -0.1) is 0 Å². The molecule has 2 N–H and O–H groups in total. The molecular formula is C12H13BrF3NO. The lowest BCUT2D eigenvalue weighted by molar-refractivity contribution is -0.137. The minimum Gasteiger partial charge on any atom is -0.388 e. The van der Waals surface area contributed by atoms with Gasteiger partial charge in [0.25, 0.3) is 0 Å². The van der Waals surface area contributed by atoms with E-state index >= 15 is 0 Å². The second-order valence-electron chi connectivity index (χ2n) is 4.62. The number of benzene rings is 1. The molecule has 1 aliphatic carbocycles. The Morgan fingerprint density at radius 1 is 1.33 bits per heavy atom. The van der Waals surface area contributed by atoms with Crippen LogP contribution >= 0.6 is 15.9 Å². The third-order valence-electron chi connectivity index (χ3n) is 3.19. The van der Waals surface area contributed by atoms with Gasteiger partial charge < -0.3 is 10.4 Å². The first-order chi connectivity index (χ1) is 8.30. The molecule has 100 valence electrons. The maximum atomic E-state index is 12.5. The second kappa shape index (κ2) is 4.74. The third kappa shape index (κ3) is 2.98. The van der Waals surface area contributed by atoms with Gasteiger partial charge in [0.1, 0.15) is 0 Å². The Morgan fingerprint density at radius 2 is 2.00 bits per heavy atom. The van der Waals surface area contributed by atoms with Gasteiger partial charge in [-0.25, -0.2) is 0 Å². The molecule has 0 spiro atoms. The van der Waals surface area contributed by atoms with Crippen LogP contribution in [-0.2, 0) is 6.18 Å². The van der Waals surface area contributed by atoms with Crippen molar-refractivity contribution in [3.05, 3.63) is 28.2 Å². The van der Waals surface area contributed by atoms with Crippen LogP contribution in [0.15, 0.2) is 22.7 Å². The zero-order valence-electron chi connectivity index (χ0n) is 9.52. The van der Waals surface area contributed by atoms with Gasteiger partial charge in [-0.2, -0.15) is 13.2 Å². The summed E-state index contributed by atoms with van der Waals surface area (Å²) in [7, 11) is 0. The number of halogens is 4. The summed E-state index contributed by atoms with van der Waals surface area (Å²) in [5.74, 6) is 0. The molecule has 0 amide bonds. The van der Waals surface area contributed by atoms with Crippen LogP contribution in [0.25, 0.3) is 0 Å². The highest BCUT2D eigenvalue weighted by Gasteiger charge is 2.34. The Morgan fingerprint density at radius 3 is 2.44 bits per heavy atom. The molecule has 0 saturated heterocycles. The molecule has 0 heterocycles. The average Bonchev–Trinajstić information content (AvgIpc) is 2.23. The van der Waals surface area contributed by atoms with Crippen molar-refractivity contribution in [3.63, 3.8) is 0 Å². The molecule has 2 rings (SSSR count). The van der Waals surface area contributed by atoms with Crippen LogP contribution in [0.2, 0.25) is 0 Å². The standard InChI is InChI=1S/C12H13BrF3NO/c13-9-6-8(12(14,15)16)2-3-10(9)17-7-11(18)4-1-5-11/h2-3,6,17-18H,1,4-5,7H2. The van der Waals surface area contributed by atoms with Crippen molar-refractivity contribution in [2.45, 2.75) is 31.0 Å². The van der Waals surface area contributed by atoms with E-state index in [4.69, 9.17) is 0 Å². The molecule has 0 atom stereocenters. The minimum atomic E-state index is -4.34. The van der Waals surface area contributed by atoms with Crippen LogP contribution in [0, 0.1) is 0 Å². The number of rotatable bonds is 3. The predicted octanol–water partition coefficient (Wildman–Crippen LogP) is 3.79. The fourth-order valence-corrected chi connectivity index (χ4v) is 2.38. The first kappa shape index (κ1) is 13.7. The molecular weight excluding hydrogens is 311 g/mol. The summed E-state index contributed by atoms with van der Waals surface area (Å²) in [6.07, 6.45) is -1.88. The number of alkyl halides is 3. The van der Waals surface area contributed by atoms with Gasteiger partial charge >= 0.3 is 6.18 Å². The van der Waals surface area contributed by atoms with E-state index in [1.807, 2.05) is 0 Å². The number of hydrogen-bond donors (Lipinski definition) is 2. The summed E-state index contributed by atoms with van der Waals surface area (Å²) in [5.41, 5.74) is -0.840. The first-order valence-corrected chi connectivity index (χ1v) is 6.42. The van der Waals surface area contributed by atoms with Gasteiger partial charge in [-0.3, -0.25) is 0 Å². The molecule has 1 saturated carbocycles. The largest absolute Gasteiger partial charge is 0.416 e. The van der Waals surface area contributed by atoms with Gasteiger partial charge in [-0.1, -0.05) is 0 Å². The molecule has 18 heavy (non-hydrogen) atoms. The van der Waals surface area contributed by atoms with Crippen LogP contribution in [0.3, 0.4) is 0 Å². The zero-order chi connectivity index (χ0) is 13.4. The Kier molecular flexibility index (Phi) is 3.60. The van der Waals surface area contributed by atoms with Crippen LogP contribution in [-0.4, -0.2) is 17.3 Å². The van der Waals surface area contributed by atoms with Crippen molar-refractivity contribution in [1.29, 1.82) is 0 Å². The SMILES string of the molecule is OC1(CNc2ccc(C(F)(F)F)cc2Br)CCC1. The highest BCUT2D eigenvalue weighted by molar-refractivity contribution is 9.10. The van der Waals surface area contributed by atoms with E-state index < -0.39 is 17.3 Å². The molecule has 1 fully saturated rings. The summed E-state index contributed by atoms with van der Waals surface area (Å²) in [5, 5.41) is 12.9. The van der Waals surface area contributed by atoms with E-state index in [0.29, 0.717) is 16.7 Å². The van der Waals surface area contributed by atoms with Gasteiger partial charge in [0, 0.05) is 16.7 Å². The van der Waals surface area contributed by atoms with Crippen LogP contribution in [0.1, 0.15) is 24.8 Å². The fraction of sp³-hybridized carbons (Fsp3) is 0.500. The van der Waals surface area contributed by atoms with Crippen molar-refractivity contribution < 1.29 is 18.3 Å². The molecule has 2 nitrogen and oxygen atoms in total. The number of anilines is 1. The lowest BCUT2D eigenvalue weighted by Crippen LogP contribution is -2.43. The van der Waals surface area contributed by atoms with Gasteiger partial charge in [0.2, 0.25) is 0 Å². The number of aliphatic hydroxyl groups is 1. The summed E-state index contributed by atoms with van der Waals surface area (Å²) in [6, 6.07) is 3.43. The van der Waals surface area contributed by atoms with E-state index in [9.17, 15) is 18.3 Å². The van der Waals surface area contributed by atoms with Crippen molar-refractivity contribution in [2.75, 3.05) is 11.9 Å². The topological polar surface area (TPSA) is 32.3 Å². The van der Waals surface area contributed by atoms with Crippen LogP contribution in [0.4, 0.5) is 18.9 Å². The molecule has 0 aromatic heterocycles. The molecule has 0 unspecified atom stereocenters. The lowest BCUT2D eigenvalue weighted by Gasteiger charge is -2.37. The molecule has 6 heteroatoms. The Hall–Kier alpha value is -0.750. The number of nitrogens with one attached hydrogen (secondary N) is 1. The van der Waals surface area contributed by atoms with E-state index in [2.05, 4.69) is 21.2 Å². The quantitative estimate of drug-likeness (QED) is 0.886. The van der Waals surface area contributed by atoms with Crippen molar-refractivity contribution >= 4 is 21.6 Å². The monoisotopic (exact) mass is 323 g/mol. The van der Waals surface area contributed by atoms with Crippen LogP contribution in [0.5, 0.6) is 0 Å². The van der Waals surface area contributed by atoms with Gasteiger partial charge in [-0.05, 0) is 53.4 Å². The Balaban J connectivity index is 2.06. The summed E-state index contributed by atoms with van der Waals surface area (Å²) in [6.45, 7) is 0.358. The molecule has 0 radical (unpaired) electrons. The molecule has 1 aromatic rings. The molecule has 1 aliphatic rings. The van der Waals surface area contributed by atoms with E-state index in [0.717, 1.165) is 31.4 Å². The van der Waals surface area contributed by atoms with Gasteiger partial charge in [0.05, 0.1) is 11.2 Å². The summed E-state index contributed by atoms with van der Waals surface area (Å²) in [4.78, 5) is 0. The highest BCUT2D eigenvalue weighted by Crippen LogP contribution is 2.35. The van der Waals surface area contributed by atoms with Crippen molar-refractivity contribution in [1.82, 2.24) is 0 Å². The highest BCUT2D eigenvalue weighted by atomic mass is 79.9. The zero-order valence-corrected chi connectivity index (χ0v) is 11.1. The minimum absolute atomic E-state index is 0.347. The molecule has 0 bridgehead atoms. The van der Waals surface area contributed by atoms with E-state index in [-0.39, 0.29) is 0 Å².